The third-order valence-corrected chi connectivity index (χ3v) is 5.35. The van der Waals surface area contributed by atoms with Gasteiger partial charge in [0.25, 0.3) is 0 Å². The van der Waals surface area contributed by atoms with Crippen LogP contribution in [0, 0.1) is 5.92 Å². The first-order valence-electron chi connectivity index (χ1n) is 6.65. The molecule has 0 aliphatic rings. The van der Waals surface area contributed by atoms with Crippen LogP contribution in [0.25, 0.3) is 0 Å². The second-order valence-corrected chi connectivity index (χ2v) is 7.24. The predicted octanol–water partition coefficient (Wildman–Crippen LogP) is 2.89. The first-order valence-corrected chi connectivity index (χ1v) is 8.70. The molecule has 0 saturated carbocycles. The van der Waals surface area contributed by atoms with E-state index in [1.807, 2.05) is 20.1 Å². The Kier molecular flexibility index (Phi) is 6.36. The summed E-state index contributed by atoms with van der Waals surface area (Å²) in [4.78, 5) is 18.3. The Balaban J connectivity index is 3.07. The number of thioether (sulfide) groups is 1. The van der Waals surface area contributed by atoms with E-state index in [2.05, 4.69) is 30.9 Å². The molecule has 6 heteroatoms. The third-order valence-electron chi connectivity index (χ3n) is 3.06. The number of rotatable bonds is 7. The molecule has 0 radical (unpaired) electrons. The summed E-state index contributed by atoms with van der Waals surface area (Å²) in [6.45, 7) is 5.71. The van der Waals surface area contributed by atoms with Crippen LogP contribution >= 0.6 is 23.1 Å². The molecule has 0 aliphatic heterocycles. The number of nitrogens with two attached hydrogens (primary N) is 1. The van der Waals surface area contributed by atoms with Gasteiger partial charge in [0, 0.05) is 26.1 Å². The number of ketones is 1. The van der Waals surface area contributed by atoms with Crippen LogP contribution < -0.4 is 10.6 Å². The van der Waals surface area contributed by atoms with Crippen molar-refractivity contribution in [3.8, 4) is 0 Å². The Hall–Kier alpha value is -0.720. The van der Waals surface area contributed by atoms with Gasteiger partial charge in [0.2, 0.25) is 0 Å². The first-order chi connectivity index (χ1) is 9.29. The fraction of sp³-hybridized carbons (Fsp3) is 0.643. The lowest BCUT2D eigenvalue weighted by atomic mass is 10.1. The fourth-order valence-corrected chi connectivity index (χ4v) is 4.05. The molecule has 1 heterocycles. The van der Waals surface area contributed by atoms with Gasteiger partial charge in [-0.2, -0.15) is 0 Å². The number of nitrogens with zero attached hydrogens (tertiary/aromatic N) is 2. The number of thiophene rings is 1. The second-order valence-electron chi connectivity index (χ2n) is 5.43. The van der Waals surface area contributed by atoms with Crippen molar-refractivity contribution in [1.29, 1.82) is 0 Å². The van der Waals surface area contributed by atoms with Crippen LogP contribution in [0.2, 0.25) is 0 Å². The molecule has 1 aromatic heterocycles. The summed E-state index contributed by atoms with van der Waals surface area (Å²) in [5, 5.41) is 1.10. The molecular weight excluding hydrogens is 290 g/mol. The minimum Gasteiger partial charge on any atom is -0.396 e. The number of carbonyl (C=O) groups is 1. The first kappa shape index (κ1) is 17.3. The van der Waals surface area contributed by atoms with E-state index in [-0.39, 0.29) is 11.7 Å². The summed E-state index contributed by atoms with van der Waals surface area (Å²) < 4.78 is 0. The molecule has 0 atom stereocenters. The Labute approximate surface area is 130 Å². The minimum atomic E-state index is -0.0226. The molecular formula is C14H25N3OS2. The molecule has 0 bridgehead atoms. The number of Topliss-reactive ketones (excluding diaryl/α,β-unsaturated/α-hetero) is 1. The molecule has 0 amide bonds. The maximum Gasteiger partial charge on any atom is 0.177 e. The third kappa shape index (κ3) is 3.90. The van der Waals surface area contributed by atoms with Gasteiger partial charge in [-0.25, -0.2) is 0 Å². The Bertz CT molecular complexity index is 469. The fourth-order valence-electron chi connectivity index (χ4n) is 1.76. The normalized spacial score (nSPS) is 11.4. The maximum absolute atomic E-state index is 12.2. The number of anilines is 2. The van der Waals surface area contributed by atoms with Crippen molar-refractivity contribution in [2.24, 2.45) is 5.92 Å². The highest BCUT2D eigenvalue weighted by atomic mass is 32.2. The van der Waals surface area contributed by atoms with Crippen LogP contribution in [0.4, 0.5) is 10.7 Å². The zero-order chi connectivity index (χ0) is 15.4. The maximum atomic E-state index is 12.2. The van der Waals surface area contributed by atoms with Crippen molar-refractivity contribution < 1.29 is 4.79 Å². The van der Waals surface area contributed by atoms with Crippen molar-refractivity contribution >= 4 is 39.6 Å². The lowest BCUT2D eigenvalue weighted by Crippen LogP contribution is -2.28. The van der Waals surface area contributed by atoms with E-state index in [4.69, 9.17) is 5.73 Å². The molecule has 0 aromatic carbocycles. The minimum absolute atomic E-state index is 0.0226. The zero-order valence-electron chi connectivity index (χ0n) is 13.2. The largest absolute Gasteiger partial charge is 0.396 e. The molecule has 0 fully saturated rings. The van der Waals surface area contributed by atoms with Gasteiger partial charge in [-0.1, -0.05) is 13.8 Å². The van der Waals surface area contributed by atoms with Crippen LogP contribution in [0.5, 0.6) is 0 Å². The van der Waals surface area contributed by atoms with Crippen LogP contribution in [0.1, 0.15) is 23.5 Å². The molecule has 0 saturated heterocycles. The van der Waals surface area contributed by atoms with E-state index in [0.717, 1.165) is 23.0 Å². The van der Waals surface area contributed by atoms with Gasteiger partial charge in [-0.3, -0.25) is 4.79 Å². The summed E-state index contributed by atoms with van der Waals surface area (Å²) >= 11 is 3.13. The van der Waals surface area contributed by atoms with E-state index in [1.54, 1.807) is 11.8 Å². The molecule has 20 heavy (non-hydrogen) atoms. The summed E-state index contributed by atoms with van der Waals surface area (Å²) in [6.07, 6.45) is 2.01. The van der Waals surface area contributed by atoms with Gasteiger partial charge in [0.15, 0.2) is 5.78 Å². The van der Waals surface area contributed by atoms with E-state index in [9.17, 15) is 4.79 Å². The highest BCUT2D eigenvalue weighted by Crippen LogP contribution is 2.44. The second kappa shape index (κ2) is 7.33. The number of carbonyl (C=O) groups excluding carboxylic acids is 1. The van der Waals surface area contributed by atoms with E-state index in [1.165, 1.54) is 11.3 Å². The van der Waals surface area contributed by atoms with E-state index < -0.39 is 0 Å². The zero-order valence-corrected chi connectivity index (χ0v) is 14.8. The highest BCUT2D eigenvalue weighted by molar-refractivity contribution is 7.99. The summed E-state index contributed by atoms with van der Waals surface area (Å²) in [5.41, 5.74) is 6.82. The standard InChI is InChI=1S/C14H25N3OS2/c1-9(2)11(18)12-10(15)13(19-6)14(20-12)17(5)8-7-16(3)4/h9H,7-8,15H2,1-6H3. The van der Waals surface area contributed by atoms with Crippen LogP contribution in [0.15, 0.2) is 4.90 Å². The van der Waals surface area contributed by atoms with Gasteiger partial charge < -0.3 is 15.5 Å². The average molecular weight is 316 g/mol. The van der Waals surface area contributed by atoms with Crippen molar-refractivity contribution in [2.75, 3.05) is 51.1 Å². The SMILES string of the molecule is CSc1c(N(C)CCN(C)C)sc(C(=O)C(C)C)c1N. The monoisotopic (exact) mass is 315 g/mol. The Morgan fingerprint density at radius 3 is 2.35 bits per heavy atom. The van der Waals surface area contributed by atoms with Gasteiger partial charge in [-0.05, 0) is 20.4 Å². The summed E-state index contributed by atoms with van der Waals surface area (Å²) in [6, 6.07) is 0. The highest BCUT2D eigenvalue weighted by Gasteiger charge is 2.24. The smallest absolute Gasteiger partial charge is 0.177 e. The van der Waals surface area contributed by atoms with E-state index in [0.29, 0.717) is 10.6 Å². The molecule has 2 N–H and O–H groups in total. The summed E-state index contributed by atoms with van der Waals surface area (Å²) in [5.74, 6) is 0.112. The van der Waals surface area contributed by atoms with Crippen LogP contribution in [-0.4, -0.2) is 51.2 Å². The van der Waals surface area contributed by atoms with Crippen molar-refractivity contribution in [2.45, 2.75) is 18.7 Å². The molecule has 114 valence electrons. The molecule has 0 unspecified atom stereocenters. The number of hydrogen-bond acceptors (Lipinski definition) is 6. The quantitative estimate of drug-likeness (QED) is 0.619. The van der Waals surface area contributed by atoms with Crippen LogP contribution in [-0.2, 0) is 0 Å². The van der Waals surface area contributed by atoms with Crippen molar-refractivity contribution in [3.63, 3.8) is 0 Å². The van der Waals surface area contributed by atoms with Gasteiger partial charge >= 0.3 is 0 Å². The number of hydrogen-bond donors (Lipinski definition) is 1. The lowest BCUT2D eigenvalue weighted by molar-refractivity contribution is 0.0944. The van der Waals surface area contributed by atoms with Gasteiger partial charge in [0.05, 0.1) is 15.5 Å². The lowest BCUT2D eigenvalue weighted by Gasteiger charge is -2.21. The topological polar surface area (TPSA) is 49.6 Å². The number of likely N-dealkylation sites (N-methyl/N-ethyl adjacent to an activating group) is 2. The van der Waals surface area contributed by atoms with Crippen molar-refractivity contribution in [1.82, 2.24) is 4.90 Å². The molecule has 0 aliphatic carbocycles. The average Bonchev–Trinajstić information content (AvgIpc) is 2.71. The molecule has 0 spiro atoms. The predicted molar refractivity (Wildman–Crippen MR) is 91.5 cm³/mol. The van der Waals surface area contributed by atoms with E-state index >= 15 is 0 Å². The van der Waals surface area contributed by atoms with Gasteiger partial charge in [-0.15, -0.1) is 23.1 Å². The van der Waals surface area contributed by atoms with Gasteiger partial charge in [0.1, 0.15) is 5.00 Å². The molecule has 1 aromatic rings. The van der Waals surface area contributed by atoms with Crippen LogP contribution in [0.3, 0.4) is 0 Å². The molecule has 1 rings (SSSR count). The summed E-state index contributed by atoms with van der Waals surface area (Å²) in [7, 11) is 6.16. The number of nitrogen functional groups attached to an aromatic ring is 1. The molecule has 4 nitrogen and oxygen atoms in total. The van der Waals surface area contributed by atoms with Crippen molar-refractivity contribution in [3.05, 3.63) is 4.88 Å². The Morgan fingerprint density at radius 1 is 1.30 bits per heavy atom. The Morgan fingerprint density at radius 2 is 1.90 bits per heavy atom.